The van der Waals surface area contributed by atoms with Gasteiger partial charge in [-0.2, -0.15) is 9.40 Å². The Labute approximate surface area is 241 Å². The van der Waals surface area contributed by atoms with Gasteiger partial charge in [0.15, 0.2) is 0 Å². The number of piperazine rings is 1. The summed E-state index contributed by atoms with van der Waals surface area (Å²) in [4.78, 5) is 43.6. The summed E-state index contributed by atoms with van der Waals surface area (Å²) in [5.74, 6) is -1.10. The first-order chi connectivity index (χ1) is 19.5. The summed E-state index contributed by atoms with van der Waals surface area (Å²) < 4.78 is 29.6. The van der Waals surface area contributed by atoms with E-state index in [4.69, 9.17) is 11.6 Å². The van der Waals surface area contributed by atoms with Crippen molar-refractivity contribution in [2.45, 2.75) is 24.1 Å². The Kier molecular flexibility index (Phi) is 7.95. The number of piperidine rings is 1. The van der Waals surface area contributed by atoms with E-state index in [0.29, 0.717) is 47.9 Å². The van der Waals surface area contributed by atoms with E-state index in [1.165, 1.54) is 21.7 Å². The van der Waals surface area contributed by atoms with Crippen LogP contribution in [0.4, 0.5) is 5.82 Å². The van der Waals surface area contributed by atoms with Crippen molar-refractivity contribution in [3.8, 4) is 0 Å². The topological polar surface area (TPSA) is 149 Å². The van der Waals surface area contributed by atoms with Crippen LogP contribution in [0.1, 0.15) is 23.7 Å². The molecule has 1 aromatic carbocycles. The molecular weight excluding hydrogens is 572 g/mol. The van der Waals surface area contributed by atoms with Gasteiger partial charge in [0.2, 0.25) is 15.9 Å². The molecule has 2 saturated heterocycles. The minimum absolute atomic E-state index is 0.0352. The number of hydrogen-bond donors (Lipinski definition) is 2. The molecule has 14 heteroatoms. The number of carboxylic acid groups (broad SMARTS) is 1. The first-order valence-electron chi connectivity index (χ1n) is 13.2. The number of halogens is 1. The smallest absolute Gasteiger partial charge is 0.327 e. The number of benzene rings is 1. The van der Waals surface area contributed by atoms with Crippen LogP contribution in [-0.2, 0) is 26.7 Å². The van der Waals surface area contributed by atoms with Crippen LogP contribution in [0.25, 0.3) is 10.9 Å². The van der Waals surface area contributed by atoms with E-state index in [-0.39, 0.29) is 24.6 Å². The molecule has 0 radical (unpaired) electrons. The van der Waals surface area contributed by atoms with Gasteiger partial charge in [-0.05, 0) is 36.5 Å². The maximum Gasteiger partial charge on any atom is 0.327 e. The molecular formula is C27H31ClN6O6S. The Morgan fingerprint density at radius 2 is 1.98 bits per heavy atom. The number of hydrogen-bond acceptors (Lipinski definition) is 7. The van der Waals surface area contributed by atoms with Gasteiger partial charge in [-0.15, -0.1) is 6.58 Å². The third kappa shape index (κ3) is 5.61. The second-order valence-corrected chi connectivity index (χ2v) is 12.9. The van der Waals surface area contributed by atoms with Gasteiger partial charge >= 0.3 is 5.97 Å². The normalized spacial score (nSPS) is 20.0. The van der Waals surface area contributed by atoms with Crippen molar-refractivity contribution in [1.29, 1.82) is 0 Å². The van der Waals surface area contributed by atoms with Crippen molar-refractivity contribution in [2.75, 3.05) is 37.6 Å². The molecule has 2 aliphatic heterocycles. The fourth-order valence-corrected chi connectivity index (χ4v) is 7.48. The van der Waals surface area contributed by atoms with Crippen LogP contribution in [0.2, 0.25) is 5.02 Å². The number of aromatic amines is 1. The summed E-state index contributed by atoms with van der Waals surface area (Å²) in [5, 5.41) is 14.4. The number of sulfonamides is 1. The minimum Gasteiger partial charge on any atom is -0.480 e. The van der Waals surface area contributed by atoms with Gasteiger partial charge in [0.05, 0.1) is 11.6 Å². The molecule has 2 N–H and O–H groups in total. The van der Waals surface area contributed by atoms with E-state index in [2.05, 4.69) is 16.7 Å². The van der Waals surface area contributed by atoms with E-state index in [1.807, 2.05) is 4.90 Å². The van der Waals surface area contributed by atoms with Gasteiger partial charge in [0.1, 0.15) is 17.1 Å². The van der Waals surface area contributed by atoms with Crippen molar-refractivity contribution >= 4 is 50.2 Å². The minimum atomic E-state index is -4.17. The number of amides is 1. The van der Waals surface area contributed by atoms with Crippen LogP contribution < -0.4 is 10.5 Å². The molecule has 1 amide bonds. The molecule has 0 bridgehead atoms. The highest BCUT2D eigenvalue weighted by atomic mass is 35.5. The van der Waals surface area contributed by atoms with E-state index in [0.717, 1.165) is 9.69 Å². The number of H-pyrrole nitrogens is 1. The number of aliphatic carboxylic acids is 1. The quantitative estimate of drug-likeness (QED) is 0.372. The first-order valence-corrected chi connectivity index (χ1v) is 15.1. The number of carbonyl (C=O) groups excluding carboxylic acids is 1. The van der Waals surface area contributed by atoms with Gasteiger partial charge in [-0.25, -0.2) is 17.9 Å². The van der Waals surface area contributed by atoms with Crippen LogP contribution in [-0.4, -0.2) is 88.1 Å². The standard InChI is InChI=1S/C27H31ClN6O6S/c1-3-23(18-4-5-19-20(28)13-29-21(19)12-18)41(39,40)33-15-22(27(37)38)34(26(36)16-33)14-17-8-10-32(11-9-17)24-6-7-25(35)31(2)30-24/h3-7,12-13,17,22-23,29H,1,8-11,14-16H2,2H3,(H,37,38). The fourth-order valence-electron chi connectivity index (χ4n) is 5.56. The third-order valence-corrected chi connectivity index (χ3v) is 10.3. The highest BCUT2D eigenvalue weighted by Crippen LogP contribution is 2.33. The van der Waals surface area contributed by atoms with Crippen molar-refractivity contribution < 1.29 is 23.1 Å². The highest BCUT2D eigenvalue weighted by molar-refractivity contribution is 7.89. The van der Waals surface area contributed by atoms with Gasteiger partial charge < -0.3 is 19.9 Å². The molecule has 2 unspecified atom stereocenters. The SMILES string of the molecule is C=CC(c1ccc2c(Cl)c[nH]c2c1)S(=O)(=O)N1CC(=O)N(CC2CCN(c3ccc(=O)n(C)n3)CC2)C(C(=O)O)C1. The van der Waals surface area contributed by atoms with E-state index in [9.17, 15) is 27.9 Å². The molecule has 41 heavy (non-hydrogen) atoms. The maximum absolute atomic E-state index is 13.7. The lowest BCUT2D eigenvalue weighted by Gasteiger charge is -2.42. The largest absolute Gasteiger partial charge is 0.480 e. The number of carbonyl (C=O) groups is 2. The average Bonchev–Trinajstić information content (AvgIpc) is 3.31. The van der Waals surface area contributed by atoms with Crippen molar-refractivity contribution in [3.05, 3.63) is 70.1 Å². The molecule has 3 aromatic rings. The number of aryl methyl sites for hydroxylation is 1. The van der Waals surface area contributed by atoms with E-state index < -0.39 is 39.7 Å². The van der Waals surface area contributed by atoms with Crippen LogP contribution in [0, 0.1) is 5.92 Å². The molecule has 2 aliphatic rings. The molecule has 2 aromatic heterocycles. The predicted molar refractivity (Wildman–Crippen MR) is 154 cm³/mol. The zero-order valence-corrected chi connectivity index (χ0v) is 24.0. The van der Waals surface area contributed by atoms with Gasteiger partial charge in [0, 0.05) is 56.4 Å². The van der Waals surface area contributed by atoms with E-state index in [1.54, 1.807) is 37.5 Å². The average molecular weight is 603 g/mol. The molecule has 2 atom stereocenters. The Bertz CT molecular complexity index is 1660. The zero-order chi connectivity index (χ0) is 29.5. The van der Waals surface area contributed by atoms with Gasteiger partial charge in [-0.3, -0.25) is 9.59 Å². The molecule has 12 nitrogen and oxygen atoms in total. The predicted octanol–water partition coefficient (Wildman–Crippen LogP) is 1.99. The first kappa shape index (κ1) is 28.8. The summed E-state index contributed by atoms with van der Waals surface area (Å²) in [6.45, 7) is 4.38. The molecule has 0 aliphatic carbocycles. The van der Waals surface area contributed by atoms with Crippen molar-refractivity contribution in [3.63, 3.8) is 0 Å². The van der Waals surface area contributed by atoms with Crippen molar-refractivity contribution in [1.82, 2.24) is 24.0 Å². The molecule has 4 heterocycles. The Morgan fingerprint density at radius 3 is 2.63 bits per heavy atom. The summed E-state index contributed by atoms with van der Waals surface area (Å²) in [6.07, 6.45) is 4.26. The number of fused-ring (bicyclic) bond motifs is 1. The second-order valence-electron chi connectivity index (χ2n) is 10.4. The number of nitrogens with zero attached hydrogens (tertiary/aromatic N) is 5. The molecule has 2 fully saturated rings. The number of aromatic nitrogens is 3. The Hall–Kier alpha value is -3.68. The zero-order valence-electron chi connectivity index (χ0n) is 22.4. The second kappa shape index (κ2) is 11.3. The molecule has 218 valence electrons. The van der Waals surface area contributed by atoms with Crippen LogP contribution in [0.5, 0.6) is 0 Å². The molecule has 0 saturated carbocycles. The molecule has 0 spiro atoms. The lowest BCUT2D eigenvalue weighted by Crippen LogP contribution is -2.61. The van der Waals surface area contributed by atoms with Crippen LogP contribution in [0.3, 0.4) is 0 Å². The lowest BCUT2D eigenvalue weighted by atomic mass is 9.95. The number of anilines is 1. The van der Waals surface area contributed by atoms with Crippen LogP contribution >= 0.6 is 11.6 Å². The van der Waals surface area contributed by atoms with Crippen LogP contribution in [0.15, 0.2) is 54.0 Å². The fraction of sp³-hybridized carbons (Fsp3) is 0.407. The summed E-state index contributed by atoms with van der Waals surface area (Å²) in [6, 6.07) is 6.82. The summed E-state index contributed by atoms with van der Waals surface area (Å²) in [5.41, 5.74) is 0.874. The highest BCUT2D eigenvalue weighted by Gasteiger charge is 2.44. The number of rotatable bonds is 8. The van der Waals surface area contributed by atoms with E-state index >= 15 is 0 Å². The van der Waals surface area contributed by atoms with Crippen molar-refractivity contribution in [2.24, 2.45) is 13.0 Å². The summed E-state index contributed by atoms with van der Waals surface area (Å²) in [7, 11) is -2.58. The summed E-state index contributed by atoms with van der Waals surface area (Å²) >= 11 is 6.15. The Balaban J connectivity index is 1.29. The molecule has 5 rings (SSSR count). The van der Waals surface area contributed by atoms with Gasteiger partial charge in [-0.1, -0.05) is 29.8 Å². The lowest BCUT2D eigenvalue weighted by molar-refractivity contribution is -0.154. The third-order valence-electron chi connectivity index (χ3n) is 7.89. The monoisotopic (exact) mass is 602 g/mol. The Morgan fingerprint density at radius 1 is 1.24 bits per heavy atom. The maximum atomic E-state index is 13.7. The number of carboxylic acids is 1. The van der Waals surface area contributed by atoms with Gasteiger partial charge in [0.25, 0.3) is 5.56 Å². The number of nitrogens with one attached hydrogen (secondary N) is 1.